The minimum atomic E-state index is -0.164. The molecule has 5 nitrogen and oxygen atoms in total. The van der Waals surface area contributed by atoms with Gasteiger partial charge >= 0.3 is 0 Å². The van der Waals surface area contributed by atoms with Crippen LogP contribution in [0.5, 0.6) is 0 Å². The second kappa shape index (κ2) is 6.37. The molecule has 0 unspecified atom stereocenters. The molecule has 6 heteroatoms. The van der Waals surface area contributed by atoms with Crippen LogP contribution in [0.15, 0.2) is 46.9 Å². The molecule has 3 heterocycles. The van der Waals surface area contributed by atoms with Gasteiger partial charge in [0.15, 0.2) is 5.71 Å². The molecule has 124 valence electrons. The Labute approximate surface area is 144 Å². The number of para-hydroxylation sites is 1. The molecule has 24 heavy (non-hydrogen) atoms. The predicted molar refractivity (Wildman–Crippen MR) is 95.2 cm³/mol. The highest BCUT2D eigenvalue weighted by molar-refractivity contribution is 7.10. The van der Waals surface area contributed by atoms with Crippen molar-refractivity contribution in [1.29, 1.82) is 0 Å². The van der Waals surface area contributed by atoms with Gasteiger partial charge in [0, 0.05) is 30.2 Å². The van der Waals surface area contributed by atoms with Gasteiger partial charge in [0.05, 0.1) is 5.92 Å². The number of nitrogens with one attached hydrogen (secondary N) is 1. The van der Waals surface area contributed by atoms with Crippen LogP contribution in [0.1, 0.15) is 10.4 Å². The maximum atomic E-state index is 12.5. The topological polar surface area (TPSA) is 53.9 Å². The summed E-state index contributed by atoms with van der Waals surface area (Å²) in [6, 6.07) is 11.6. The van der Waals surface area contributed by atoms with Crippen molar-refractivity contribution < 1.29 is 9.63 Å². The number of hydrogen-bond acceptors (Lipinski definition) is 5. The van der Waals surface area contributed by atoms with Gasteiger partial charge in [-0.2, -0.15) is 0 Å². The third-order valence-corrected chi connectivity index (χ3v) is 5.59. The predicted octanol–water partition coefficient (Wildman–Crippen LogP) is 2.88. The molecule has 1 saturated heterocycles. The number of fused-ring (bicyclic) bond motifs is 1. The van der Waals surface area contributed by atoms with Crippen molar-refractivity contribution in [1.82, 2.24) is 4.90 Å². The molecule has 1 fully saturated rings. The van der Waals surface area contributed by atoms with Crippen molar-refractivity contribution in [3.8, 4) is 0 Å². The van der Waals surface area contributed by atoms with Gasteiger partial charge in [0.2, 0.25) is 0 Å². The number of oxime groups is 1. The lowest BCUT2D eigenvalue weighted by atomic mass is 10.0. The molecule has 0 spiro atoms. The number of benzene rings is 1. The van der Waals surface area contributed by atoms with Gasteiger partial charge in [-0.1, -0.05) is 23.4 Å². The summed E-state index contributed by atoms with van der Waals surface area (Å²) < 4.78 is 0. The van der Waals surface area contributed by atoms with Crippen molar-refractivity contribution in [3.63, 3.8) is 0 Å². The average molecular weight is 341 g/mol. The van der Waals surface area contributed by atoms with Crippen LogP contribution in [-0.4, -0.2) is 35.7 Å². The Balaban J connectivity index is 1.41. The van der Waals surface area contributed by atoms with E-state index in [-0.39, 0.29) is 17.9 Å². The number of thiophene rings is 1. The van der Waals surface area contributed by atoms with Crippen molar-refractivity contribution in [2.24, 2.45) is 11.1 Å². The molecule has 2 atom stereocenters. The standard InChI is InChI=1S/C18H19N3O2S/c1-12-7-8-24-16(12)11-21-9-14-15(10-21)23-20-17(14)18(22)19-13-5-3-2-4-6-13/h2-8,14-15H,9-11H2,1H3,(H,19,22)/t14-,15+/m0/s1. The van der Waals surface area contributed by atoms with Crippen LogP contribution in [0.2, 0.25) is 0 Å². The second-order valence-corrected chi connectivity index (χ2v) is 7.27. The fraction of sp³-hybridized carbons (Fsp3) is 0.333. The maximum Gasteiger partial charge on any atom is 0.273 e. The van der Waals surface area contributed by atoms with Crippen LogP contribution in [0.25, 0.3) is 0 Å². The van der Waals surface area contributed by atoms with E-state index in [0.717, 1.165) is 25.3 Å². The number of rotatable bonds is 4. The van der Waals surface area contributed by atoms with Crippen molar-refractivity contribution in [2.45, 2.75) is 19.6 Å². The molecule has 4 rings (SSSR count). The molecule has 2 aliphatic heterocycles. The monoisotopic (exact) mass is 341 g/mol. The van der Waals surface area contributed by atoms with Gasteiger partial charge in [0.25, 0.3) is 5.91 Å². The molecule has 0 bridgehead atoms. The zero-order chi connectivity index (χ0) is 16.5. The summed E-state index contributed by atoms with van der Waals surface area (Å²) in [6.07, 6.45) is -0.0122. The number of hydrogen-bond donors (Lipinski definition) is 1. The van der Waals surface area contributed by atoms with Crippen LogP contribution in [0, 0.1) is 12.8 Å². The van der Waals surface area contributed by atoms with E-state index < -0.39 is 0 Å². The third kappa shape index (κ3) is 2.95. The van der Waals surface area contributed by atoms with Crippen LogP contribution < -0.4 is 5.32 Å². The third-order valence-electron chi connectivity index (χ3n) is 4.58. The summed E-state index contributed by atoms with van der Waals surface area (Å²) in [4.78, 5) is 21.7. The van der Waals surface area contributed by atoms with Crippen LogP contribution in [0.4, 0.5) is 5.69 Å². The molecule has 2 aliphatic rings. The summed E-state index contributed by atoms with van der Waals surface area (Å²) in [5.74, 6) is -0.114. The SMILES string of the molecule is Cc1ccsc1CN1C[C@@H]2C(C(=O)Nc3ccccc3)=NO[C@@H]2C1. The number of carbonyl (C=O) groups is 1. The normalized spacial score (nSPS) is 22.8. The van der Waals surface area contributed by atoms with Gasteiger partial charge in [-0.15, -0.1) is 11.3 Å². The zero-order valence-corrected chi connectivity index (χ0v) is 14.3. The quantitative estimate of drug-likeness (QED) is 0.930. The van der Waals surface area contributed by atoms with E-state index in [9.17, 15) is 4.79 Å². The zero-order valence-electron chi connectivity index (χ0n) is 13.4. The summed E-state index contributed by atoms with van der Waals surface area (Å²) in [6.45, 7) is 4.67. The Bertz CT molecular complexity index is 772. The first-order valence-electron chi connectivity index (χ1n) is 8.06. The molecule has 1 aromatic heterocycles. The minimum Gasteiger partial charge on any atom is -0.390 e. The molecule has 0 radical (unpaired) electrons. The minimum absolute atomic E-state index is 0.0122. The number of carbonyl (C=O) groups excluding carboxylic acids is 1. The maximum absolute atomic E-state index is 12.5. The number of anilines is 1. The van der Waals surface area contributed by atoms with Gasteiger partial charge < -0.3 is 10.2 Å². The van der Waals surface area contributed by atoms with Crippen molar-refractivity contribution in [3.05, 3.63) is 52.2 Å². The molecule has 1 aromatic carbocycles. The lowest BCUT2D eigenvalue weighted by Crippen LogP contribution is -2.32. The van der Waals surface area contributed by atoms with Gasteiger partial charge in [-0.25, -0.2) is 0 Å². The fourth-order valence-electron chi connectivity index (χ4n) is 3.24. The first-order valence-corrected chi connectivity index (χ1v) is 8.94. The smallest absolute Gasteiger partial charge is 0.273 e. The molecule has 2 aromatic rings. The lowest BCUT2D eigenvalue weighted by Gasteiger charge is -2.15. The molecular formula is C18H19N3O2S. The largest absolute Gasteiger partial charge is 0.390 e. The molecular weight excluding hydrogens is 322 g/mol. The van der Waals surface area contributed by atoms with Gasteiger partial charge in [-0.05, 0) is 36.1 Å². The number of aryl methyl sites for hydroxylation is 1. The highest BCUT2D eigenvalue weighted by atomic mass is 32.1. The van der Waals surface area contributed by atoms with E-state index in [0.29, 0.717) is 5.71 Å². The number of amides is 1. The Morgan fingerprint density at radius 3 is 2.92 bits per heavy atom. The lowest BCUT2D eigenvalue weighted by molar-refractivity contribution is -0.110. The first-order chi connectivity index (χ1) is 11.7. The summed E-state index contributed by atoms with van der Waals surface area (Å²) in [5.41, 5.74) is 2.61. The summed E-state index contributed by atoms with van der Waals surface area (Å²) in [7, 11) is 0. The molecule has 0 saturated carbocycles. The Morgan fingerprint density at radius 1 is 1.33 bits per heavy atom. The van der Waals surface area contributed by atoms with Crippen LogP contribution in [0.3, 0.4) is 0 Å². The van der Waals surface area contributed by atoms with Gasteiger partial charge in [0.1, 0.15) is 6.10 Å². The molecule has 1 amide bonds. The Kier molecular flexibility index (Phi) is 4.08. The van der Waals surface area contributed by atoms with Crippen molar-refractivity contribution in [2.75, 3.05) is 18.4 Å². The van der Waals surface area contributed by atoms with E-state index in [4.69, 9.17) is 4.84 Å². The van der Waals surface area contributed by atoms with Crippen LogP contribution >= 0.6 is 11.3 Å². The van der Waals surface area contributed by atoms with E-state index >= 15 is 0 Å². The number of nitrogens with zero attached hydrogens (tertiary/aromatic N) is 2. The molecule has 0 aliphatic carbocycles. The van der Waals surface area contributed by atoms with E-state index in [1.807, 2.05) is 30.3 Å². The second-order valence-electron chi connectivity index (χ2n) is 6.27. The fourth-order valence-corrected chi connectivity index (χ4v) is 4.19. The Hall–Kier alpha value is -2.18. The highest BCUT2D eigenvalue weighted by Crippen LogP contribution is 2.30. The van der Waals surface area contributed by atoms with E-state index in [2.05, 4.69) is 33.7 Å². The van der Waals surface area contributed by atoms with E-state index in [1.165, 1.54) is 10.4 Å². The van der Waals surface area contributed by atoms with Crippen LogP contribution in [-0.2, 0) is 16.2 Å². The van der Waals surface area contributed by atoms with Gasteiger partial charge in [-0.3, -0.25) is 9.69 Å². The van der Waals surface area contributed by atoms with E-state index in [1.54, 1.807) is 11.3 Å². The highest BCUT2D eigenvalue weighted by Gasteiger charge is 2.44. The summed E-state index contributed by atoms with van der Waals surface area (Å²) in [5, 5.41) is 9.07. The average Bonchev–Trinajstić information content (AvgIpc) is 3.25. The van der Waals surface area contributed by atoms with Crippen molar-refractivity contribution >= 4 is 28.6 Å². The molecule has 1 N–H and O–H groups in total. The summed E-state index contributed by atoms with van der Waals surface area (Å²) >= 11 is 1.78. The Morgan fingerprint density at radius 2 is 2.17 bits per heavy atom. The number of likely N-dealkylation sites (tertiary alicyclic amines) is 1. The first kappa shape index (κ1) is 15.4.